The monoisotopic (exact) mass is 299 g/mol. The van der Waals surface area contributed by atoms with Crippen LogP contribution < -0.4 is 0 Å². The predicted molar refractivity (Wildman–Crippen MR) is 81.0 cm³/mol. The SMILES string of the molecule is CC(Cl)c1nc2cc(Cl)cnc2n1C(C)C(C)(C)C. The summed E-state index contributed by atoms with van der Waals surface area (Å²) in [6.07, 6.45) is 1.65. The van der Waals surface area contributed by atoms with Crippen molar-refractivity contribution >= 4 is 34.4 Å². The molecule has 2 heterocycles. The van der Waals surface area contributed by atoms with E-state index >= 15 is 0 Å². The molecule has 2 aromatic rings. The van der Waals surface area contributed by atoms with Crippen LogP contribution in [0.2, 0.25) is 5.02 Å². The van der Waals surface area contributed by atoms with Crippen LogP contribution >= 0.6 is 23.2 Å². The van der Waals surface area contributed by atoms with Crippen LogP contribution in [0, 0.1) is 5.41 Å². The Labute approximate surface area is 123 Å². The fourth-order valence-electron chi connectivity index (χ4n) is 2.02. The quantitative estimate of drug-likeness (QED) is 0.731. The van der Waals surface area contributed by atoms with Gasteiger partial charge in [0.1, 0.15) is 11.3 Å². The van der Waals surface area contributed by atoms with Crippen molar-refractivity contribution < 1.29 is 0 Å². The summed E-state index contributed by atoms with van der Waals surface area (Å²) in [5, 5.41) is 0.423. The Morgan fingerprint density at radius 2 is 1.89 bits per heavy atom. The molecule has 0 bridgehead atoms. The number of pyridine rings is 1. The van der Waals surface area contributed by atoms with E-state index in [2.05, 4.69) is 42.2 Å². The van der Waals surface area contributed by atoms with Crippen molar-refractivity contribution in [2.24, 2.45) is 5.41 Å². The number of halogens is 2. The average Bonchev–Trinajstić information content (AvgIpc) is 2.64. The molecule has 0 amide bonds. The molecule has 0 aliphatic heterocycles. The second kappa shape index (κ2) is 4.95. The second-order valence-corrected chi connectivity index (χ2v) is 7.09. The van der Waals surface area contributed by atoms with E-state index in [1.165, 1.54) is 0 Å². The van der Waals surface area contributed by atoms with Gasteiger partial charge in [0.15, 0.2) is 5.65 Å². The van der Waals surface area contributed by atoms with Gasteiger partial charge in [-0.1, -0.05) is 32.4 Å². The Kier molecular flexibility index (Phi) is 3.80. The van der Waals surface area contributed by atoms with E-state index in [4.69, 9.17) is 23.2 Å². The number of alkyl halides is 1. The van der Waals surface area contributed by atoms with Crippen LogP contribution in [0.1, 0.15) is 51.9 Å². The van der Waals surface area contributed by atoms with Crippen molar-refractivity contribution in [1.82, 2.24) is 14.5 Å². The zero-order valence-corrected chi connectivity index (χ0v) is 13.4. The minimum atomic E-state index is -0.169. The van der Waals surface area contributed by atoms with Crippen LogP contribution in [0.3, 0.4) is 0 Å². The standard InChI is InChI=1S/C14H19Cl2N3/c1-8(15)12-18-11-6-10(16)7-17-13(11)19(12)9(2)14(3,4)5/h6-9H,1-5H3. The van der Waals surface area contributed by atoms with Gasteiger partial charge < -0.3 is 4.57 Å². The normalized spacial score (nSPS) is 15.7. The Morgan fingerprint density at radius 1 is 1.26 bits per heavy atom. The predicted octanol–water partition coefficient (Wildman–Crippen LogP) is 4.99. The van der Waals surface area contributed by atoms with Gasteiger partial charge in [-0.15, -0.1) is 11.6 Å². The van der Waals surface area contributed by atoms with E-state index in [1.807, 2.05) is 13.0 Å². The summed E-state index contributed by atoms with van der Waals surface area (Å²) >= 11 is 12.3. The van der Waals surface area contributed by atoms with Crippen LogP contribution in [0.5, 0.6) is 0 Å². The molecule has 0 spiro atoms. The topological polar surface area (TPSA) is 30.7 Å². The van der Waals surface area contributed by atoms with E-state index in [0.29, 0.717) is 5.02 Å². The van der Waals surface area contributed by atoms with Gasteiger partial charge in [-0.05, 0) is 25.3 Å². The summed E-state index contributed by atoms with van der Waals surface area (Å²) in [4.78, 5) is 9.02. The summed E-state index contributed by atoms with van der Waals surface area (Å²) in [6.45, 7) is 10.7. The van der Waals surface area contributed by atoms with E-state index in [-0.39, 0.29) is 16.8 Å². The minimum Gasteiger partial charge on any atom is -0.308 e. The lowest BCUT2D eigenvalue weighted by atomic mass is 9.87. The number of aromatic nitrogens is 3. The molecule has 2 aromatic heterocycles. The lowest BCUT2D eigenvalue weighted by molar-refractivity contribution is 0.261. The maximum absolute atomic E-state index is 6.27. The van der Waals surface area contributed by atoms with Crippen LogP contribution in [0.15, 0.2) is 12.3 Å². The summed E-state index contributed by atoms with van der Waals surface area (Å²) in [6, 6.07) is 2.07. The van der Waals surface area contributed by atoms with Crippen molar-refractivity contribution in [3.8, 4) is 0 Å². The van der Waals surface area contributed by atoms with Gasteiger partial charge in [0.05, 0.1) is 10.4 Å². The Morgan fingerprint density at radius 3 is 2.42 bits per heavy atom. The number of rotatable bonds is 2. The molecule has 2 unspecified atom stereocenters. The number of nitrogens with zero attached hydrogens (tertiary/aromatic N) is 3. The van der Waals surface area contributed by atoms with Crippen molar-refractivity contribution in [3.05, 3.63) is 23.1 Å². The first-order chi connectivity index (χ1) is 8.71. The van der Waals surface area contributed by atoms with E-state index in [0.717, 1.165) is 17.0 Å². The van der Waals surface area contributed by atoms with E-state index in [1.54, 1.807) is 6.20 Å². The van der Waals surface area contributed by atoms with Crippen LogP contribution in [-0.4, -0.2) is 14.5 Å². The van der Waals surface area contributed by atoms with Crippen LogP contribution in [0.4, 0.5) is 0 Å². The highest BCUT2D eigenvalue weighted by Crippen LogP contribution is 2.36. The van der Waals surface area contributed by atoms with Crippen LogP contribution in [0.25, 0.3) is 11.2 Å². The fraction of sp³-hybridized carbons (Fsp3) is 0.571. The maximum Gasteiger partial charge on any atom is 0.160 e. The third kappa shape index (κ3) is 2.72. The van der Waals surface area contributed by atoms with Crippen LogP contribution in [-0.2, 0) is 0 Å². The molecular formula is C14H19Cl2N3. The van der Waals surface area contributed by atoms with Crippen molar-refractivity contribution in [3.63, 3.8) is 0 Å². The van der Waals surface area contributed by atoms with Gasteiger partial charge in [0, 0.05) is 12.2 Å². The molecule has 104 valence electrons. The minimum absolute atomic E-state index is 0.0927. The number of imidazole rings is 1. The zero-order chi connectivity index (χ0) is 14.4. The maximum atomic E-state index is 6.27. The molecule has 2 atom stereocenters. The van der Waals surface area contributed by atoms with E-state index < -0.39 is 0 Å². The third-order valence-electron chi connectivity index (χ3n) is 3.52. The molecule has 2 rings (SSSR count). The van der Waals surface area contributed by atoms with Gasteiger partial charge >= 0.3 is 0 Å². The van der Waals surface area contributed by atoms with Gasteiger partial charge in [-0.3, -0.25) is 0 Å². The van der Waals surface area contributed by atoms with Gasteiger partial charge in [0.2, 0.25) is 0 Å². The number of hydrogen-bond acceptors (Lipinski definition) is 2. The highest BCUT2D eigenvalue weighted by molar-refractivity contribution is 6.31. The Balaban J connectivity index is 2.72. The molecule has 0 aliphatic carbocycles. The largest absolute Gasteiger partial charge is 0.308 e. The van der Waals surface area contributed by atoms with E-state index in [9.17, 15) is 0 Å². The second-order valence-electron chi connectivity index (χ2n) is 5.99. The Hall–Kier alpha value is -0.800. The zero-order valence-electron chi connectivity index (χ0n) is 11.9. The van der Waals surface area contributed by atoms with Crippen molar-refractivity contribution in [2.75, 3.05) is 0 Å². The molecule has 5 heteroatoms. The number of fused-ring (bicyclic) bond motifs is 1. The molecule has 0 aliphatic rings. The van der Waals surface area contributed by atoms with Crippen molar-refractivity contribution in [1.29, 1.82) is 0 Å². The first kappa shape index (κ1) is 14.6. The summed E-state index contributed by atoms with van der Waals surface area (Å²) < 4.78 is 2.13. The van der Waals surface area contributed by atoms with Gasteiger partial charge in [0.25, 0.3) is 0 Å². The molecule has 3 nitrogen and oxygen atoms in total. The van der Waals surface area contributed by atoms with Crippen molar-refractivity contribution in [2.45, 2.75) is 46.0 Å². The first-order valence-corrected chi connectivity index (χ1v) is 7.20. The highest BCUT2D eigenvalue weighted by atomic mass is 35.5. The lowest BCUT2D eigenvalue weighted by Crippen LogP contribution is -2.23. The summed E-state index contributed by atoms with van der Waals surface area (Å²) in [5.74, 6) is 0.842. The smallest absolute Gasteiger partial charge is 0.160 e. The number of hydrogen-bond donors (Lipinski definition) is 0. The molecular weight excluding hydrogens is 281 g/mol. The third-order valence-corrected chi connectivity index (χ3v) is 3.92. The first-order valence-electron chi connectivity index (χ1n) is 6.39. The molecule has 0 saturated heterocycles. The molecule has 0 N–H and O–H groups in total. The summed E-state index contributed by atoms with van der Waals surface area (Å²) in [7, 11) is 0. The average molecular weight is 300 g/mol. The molecule has 0 fully saturated rings. The van der Waals surface area contributed by atoms with Gasteiger partial charge in [-0.25, -0.2) is 9.97 Å². The highest BCUT2D eigenvalue weighted by Gasteiger charge is 2.27. The molecule has 0 radical (unpaired) electrons. The molecule has 0 aromatic carbocycles. The molecule has 0 saturated carbocycles. The van der Waals surface area contributed by atoms with Gasteiger partial charge in [-0.2, -0.15) is 0 Å². The summed E-state index contributed by atoms with van der Waals surface area (Å²) in [5.41, 5.74) is 1.73. The Bertz CT molecular complexity index is 596. The molecule has 19 heavy (non-hydrogen) atoms. The lowest BCUT2D eigenvalue weighted by Gasteiger charge is -2.30. The fourth-order valence-corrected chi connectivity index (χ4v) is 2.33.